The van der Waals surface area contributed by atoms with Crippen LogP contribution in [0.4, 0.5) is 5.69 Å². The normalized spacial score (nSPS) is 11.2. The van der Waals surface area contributed by atoms with Gasteiger partial charge in [-0.2, -0.15) is 0 Å². The average molecular weight is 407 g/mol. The number of anilines is 1. The molecule has 6 heteroatoms. The predicted octanol–water partition coefficient (Wildman–Crippen LogP) is 5.18. The molecule has 5 nitrogen and oxygen atoms in total. The number of aromatic nitrogens is 1. The first-order chi connectivity index (χ1) is 14.0. The number of esters is 1. The number of aryl methyl sites for hydroxylation is 1. The summed E-state index contributed by atoms with van der Waals surface area (Å²) in [6, 6.07) is 15.3. The second-order valence-electron chi connectivity index (χ2n) is 6.49. The quantitative estimate of drug-likeness (QED) is 0.452. The number of nitrogens with zero attached hydrogens (tertiary/aromatic N) is 1. The Balaban J connectivity index is 1.93. The number of ether oxygens (including phenoxy) is 1. The third-order valence-corrected chi connectivity index (χ3v) is 4.99. The number of amides is 1. The molecule has 3 aromatic rings. The summed E-state index contributed by atoms with van der Waals surface area (Å²) in [5.74, 6) is -0.546. The maximum absolute atomic E-state index is 12.6. The lowest BCUT2D eigenvalue weighted by molar-refractivity contribution is -0.136. The van der Waals surface area contributed by atoms with Crippen molar-refractivity contribution >= 4 is 40.5 Å². The van der Waals surface area contributed by atoms with Crippen molar-refractivity contribution in [2.75, 3.05) is 11.9 Å². The Morgan fingerprint density at radius 2 is 1.79 bits per heavy atom. The minimum absolute atomic E-state index is 0.132. The van der Waals surface area contributed by atoms with Gasteiger partial charge >= 0.3 is 5.97 Å². The molecular weight excluding hydrogens is 384 g/mol. The molecule has 0 bridgehead atoms. The predicted molar refractivity (Wildman–Crippen MR) is 118 cm³/mol. The number of nitrogens with one attached hydrogen (secondary N) is 1. The summed E-state index contributed by atoms with van der Waals surface area (Å²) in [5.41, 5.74) is 4.92. The van der Waals surface area contributed by atoms with Gasteiger partial charge in [-0.05, 0) is 37.6 Å². The monoisotopic (exact) mass is 406 g/mol. The Morgan fingerprint density at radius 1 is 1.10 bits per heavy atom. The van der Waals surface area contributed by atoms with Crippen LogP contribution in [0.5, 0.6) is 0 Å². The first-order valence-corrected chi connectivity index (χ1v) is 10.1. The number of thiazole rings is 1. The van der Waals surface area contributed by atoms with Crippen molar-refractivity contribution in [1.82, 2.24) is 4.98 Å². The van der Waals surface area contributed by atoms with Gasteiger partial charge in [0.05, 0.1) is 17.9 Å². The van der Waals surface area contributed by atoms with Crippen LogP contribution in [0.1, 0.15) is 30.0 Å². The van der Waals surface area contributed by atoms with Gasteiger partial charge in [0.1, 0.15) is 5.01 Å². The van der Waals surface area contributed by atoms with Crippen molar-refractivity contribution in [2.24, 2.45) is 0 Å². The van der Waals surface area contributed by atoms with Gasteiger partial charge in [-0.3, -0.25) is 4.79 Å². The largest absolute Gasteiger partial charge is 0.462 e. The van der Waals surface area contributed by atoms with Crippen molar-refractivity contribution in [1.29, 1.82) is 0 Å². The molecule has 148 valence electrons. The second kappa shape index (κ2) is 9.30. The van der Waals surface area contributed by atoms with E-state index in [2.05, 4.69) is 10.3 Å². The highest BCUT2D eigenvalue weighted by Gasteiger charge is 2.18. The van der Waals surface area contributed by atoms with Crippen LogP contribution < -0.4 is 5.32 Å². The molecule has 1 heterocycles. The topological polar surface area (TPSA) is 68.3 Å². The Hall–Kier alpha value is -3.25. The van der Waals surface area contributed by atoms with Crippen molar-refractivity contribution in [3.63, 3.8) is 0 Å². The summed E-state index contributed by atoms with van der Waals surface area (Å²) in [6.45, 7) is 5.56. The highest BCUT2D eigenvalue weighted by Crippen LogP contribution is 2.28. The summed E-state index contributed by atoms with van der Waals surface area (Å²) < 4.78 is 5.24. The van der Waals surface area contributed by atoms with Crippen molar-refractivity contribution in [2.45, 2.75) is 20.8 Å². The maximum Gasteiger partial charge on any atom is 0.341 e. The van der Waals surface area contributed by atoms with E-state index < -0.39 is 5.97 Å². The second-order valence-corrected chi connectivity index (χ2v) is 7.34. The molecule has 0 fully saturated rings. The Kier molecular flexibility index (Phi) is 6.57. The average Bonchev–Trinajstić information content (AvgIpc) is 3.17. The van der Waals surface area contributed by atoms with Gasteiger partial charge in [0.15, 0.2) is 0 Å². The van der Waals surface area contributed by atoms with E-state index in [0.29, 0.717) is 16.3 Å². The molecule has 0 unspecified atom stereocenters. The van der Waals surface area contributed by atoms with Crippen LogP contribution in [0.3, 0.4) is 0 Å². The van der Waals surface area contributed by atoms with E-state index in [0.717, 1.165) is 16.8 Å². The van der Waals surface area contributed by atoms with Crippen LogP contribution in [0.2, 0.25) is 0 Å². The van der Waals surface area contributed by atoms with Gasteiger partial charge in [-0.25, -0.2) is 9.78 Å². The molecule has 0 atom stereocenters. The van der Waals surface area contributed by atoms with Crippen LogP contribution >= 0.6 is 11.3 Å². The Bertz CT molecular complexity index is 1030. The number of benzene rings is 2. The highest BCUT2D eigenvalue weighted by molar-refractivity contribution is 7.11. The molecular formula is C23H22N2O3S. The molecule has 0 radical (unpaired) electrons. The molecule has 0 aliphatic carbocycles. The Morgan fingerprint density at radius 3 is 2.41 bits per heavy atom. The molecule has 0 spiro atoms. The van der Waals surface area contributed by atoms with E-state index in [-0.39, 0.29) is 12.5 Å². The third kappa shape index (κ3) is 5.39. The first kappa shape index (κ1) is 20.5. The van der Waals surface area contributed by atoms with E-state index in [1.807, 2.05) is 48.7 Å². The first-order valence-electron chi connectivity index (χ1n) is 9.25. The van der Waals surface area contributed by atoms with Gasteiger partial charge in [-0.15, -0.1) is 11.3 Å². The zero-order valence-corrected chi connectivity index (χ0v) is 17.4. The zero-order chi connectivity index (χ0) is 20.8. The molecule has 1 N–H and O–H groups in total. The minimum Gasteiger partial charge on any atom is -0.462 e. The van der Waals surface area contributed by atoms with Crippen LogP contribution in [0.15, 0.2) is 53.9 Å². The van der Waals surface area contributed by atoms with Gasteiger partial charge in [0.2, 0.25) is 5.91 Å². The van der Waals surface area contributed by atoms with E-state index in [9.17, 15) is 9.59 Å². The molecule has 0 aliphatic rings. The number of hydrogen-bond acceptors (Lipinski definition) is 5. The third-order valence-electron chi connectivity index (χ3n) is 4.12. The van der Waals surface area contributed by atoms with Gasteiger partial charge < -0.3 is 10.1 Å². The summed E-state index contributed by atoms with van der Waals surface area (Å²) in [7, 11) is 0. The minimum atomic E-state index is -0.414. The smallest absolute Gasteiger partial charge is 0.341 e. The highest BCUT2D eigenvalue weighted by atomic mass is 32.1. The van der Waals surface area contributed by atoms with E-state index >= 15 is 0 Å². The molecule has 0 aliphatic heterocycles. The number of carbonyl (C=O) groups excluding carboxylic acids is 2. The van der Waals surface area contributed by atoms with E-state index in [1.54, 1.807) is 25.1 Å². The fourth-order valence-electron chi connectivity index (χ4n) is 2.70. The zero-order valence-electron chi connectivity index (χ0n) is 16.6. The summed E-state index contributed by atoms with van der Waals surface area (Å²) in [5, 5.41) is 5.26. The summed E-state index contributed by atoms with van der Waals surface area (Å²) in [4.78, 5) is 28.4. The Labute approximate surface area is 174 Å². The van der Waals surface area contributed by atoms with Crippen LogP contribution in [-0.4, -0.2) is 23.5 Å². The number of hydrogen-bond donors (Lipinski definition) is 1. The molecule has 3 rings (SSSR count). The molecule has 2 aromatic carbocycles. The summed E-state index contributed by atoms with van der Waals surface area (Å²) in [6.07, 6.45) is 1.76. The molecule has 1 aromatic heterocycles. The summed E-state index contributed by atoms with van der Waals surface area (Å²) >= 11 is 1.40. The lowest BCUT2D eigenvalue weighted by Gasteiger charge is -2.06. The fourth-order valence-corrected chi connectivity index (χ4v) is 3.54. The van der Waals surface area contributed by atoms with Crippen molar-refractivity contribution in [3.8, 4) is 11.3 Å². The molecule has 0 saturated heterocycles. The number of carbonyl (C=O) groups is 2. The lowest BCUT2D eigenvalue weighted by Crippen LogP contribution is -2.07. The van der Waals surface area contributed by atoms with Crippen LogP contribution in [-0.2, 0) is 14.3 Å². The lowest BCUT2D eigenvalue weighted by atomic mass is 10.1. The van der Waals surface area contributed by atoms with Gasteiger partial charge in [-0.1, -0.05) is 42.0 Å². The van der Waals surface area contributed by atoms with Gasteiger partial charge in [0.25, 0.3) is 0 Å². The maximum atomic E-state index is 12.6. The van der Waals surface area contributed by atoms with Crippen LogP contribution in [0, 0.1) is 6.92 Å². The standard InChI is InChI=1S/C23H22N2O3S/c1-4-28-23(27)20(13-17-7-11-19(12-8-17)24-16(3)26)22-25-21(14-29-22)18-9-5-15(2)6-10-18/h5-14H,4H2,1-3H3,(H,24,26). The van der Waals surface area contributed by atoms with Crippen molar-refractivity contribution in [3.05, 3.63) is 70.0 Å². The van der Waals surface area contributed by atoms with Crippen LogP contribution in [0.25, 0.3) is 22.9 Å². The fraction of sp³-hybridized carbons (Fsp3) is 0.174. The van der Waals surface area contributed by atoms with E-state index in [1.165, 1.54) is 23.8 Å². The molecule has 29 heavy (non-hydrogen) atoms. The SMILES string of the molecule is CCOC(=O)C(=Cc1ccc(NC(C)=O)cc1)c1nc(-c2ccc(C)cc2)cs1. The molecule has 1 amide bonds. The van der Waals surface area contributed by atoms with E-state index in [4.69, 9.17) is 4.74 Å². The van der Waals surface area contributed by atoms with Crippen molar-refractivity contribution < 1.29 is 14.3 Å². The van der Waals surface area contributed by atoms with Gasteiger partial charge in [0, 0.05) is 23.6 Å². The number of rotatable bonds is 6. The molecule has 0 saturated carbocycles.